The van der Waals surface area contributed by atoms with Crippen LogP contribution < -0.4 is 10.1 Å². The van der Waals surface area contributed by atoms with Crippen molar-refractivity contribution in [2.24, 2.45) is 0 Å². The average molecular weight is 512 g/mol. The summed E-state index contributed by atoms with van der Waals surface area (Å²) in [5.41, 5.74) is 4.13. The third kappa shape index (κ3) is 4.97. The van der Waals surface area contributed by atoms with Crippen LogP contribution in [0.25, 0.3) is 22.0 Å². The molecule has 4 aromatic rings. The van der Waals surface area contributed by atoms with E-state index in [4.69, 9.17) is 4.74 Å². The highest BCUT2D eigenvalue weighted by atomic mass is 16.5. The number of aromatic amines is 1. The van der Waals surface area contributed by atoms with Gasteiger partial charge in [0.15, 0.2) is 5.82 Å². The van der Waals surface area contributed by atoms with E-state index in [1.807, 2.05) is 18.2 Å². The number of nitrogens with one attached hydrogen (secondary N) is 2. The molecule has 7 nitrogen and oxygen atoms in total. The number of rotatable bonds is 10. The van der Waals surface area contributed by atoms with E-state index in [1.54, 1.807) is 0 Å². The van der Waals surface area contributed by atoms with E-state index in [2.05, 4.69) is 89.3 Å². The fraction of sp³-hybridized carbons (Fsp3) is 0.387. The maximum Gasteiger partial charge on any atom is 0.256 e. The van der Waals surface area contributed by atoms with Crippen molar-refractivity contribution in [2.45, 2.75) is 71.4 Å². The number of unbranched alkanes of at least 4 members (excludes halogenated alkanes) is 3. The number of fused-ring (bicyclic) bond motifs is 1. The number of carbonyl (C=O) groups excluding carboxylic acids is 1. The quantitative estimate of drug-likeness (QED) is 0.234. The van der Waals surface area contributed by atoms with Crippen LogP contribution in [0.2, 0.25) is 0 Å². The maximum atomic E-state index is 13.7. The first-order chi connectivity index (χ1) is 18.4. The maximum absolute atomic E-state index is 13.7. The highest BCUT2D eigenvalue weighted by Crippen LogP contribution is 2.43. The van der Waals surface area contributed by atoms with Gasteiger partial charge in [0, 0.05) is 35.1 Å². The molecule has 0 saturated carbocycles. The summed E-state index contributed by atoms with van der Waals surface area (Å²) in [6, 6.07) is 16.8. The van der Waals surface area contributed by atoms with Crippen molar-refractivity contribution in [1.82, 2.24) is 25.1 Å². The molecule has 0 saturated heterocycles. The zero-order valence-corrected chi connectivity index (χ0v) is 22.8. The number of amides is 1. The molecule has 38 heavy (non-hydrogen) atoms. The van der Waals surface area contributed by atoms with E-state index in [-0.39, 0.29) is 11.9 Å². The van der Waals surface area contributed by atoms with Crippen LogP contribution in [0.15, 0.2) is 61.1 Å². The van der Waals surface area contributed by atoms with Crippen LogP contribution in [0.1, 0.15) is 82.8 Å². The van der Waals surface area contributed by atoms with Crippen LogP contribution in [-0.4, -0.2) is 32.3 Å². The van der Waals surface area contributed by atoms with Crippen LogP contribution in [0.3, 0.4) is 0 Å². The number of aromatic nitrogens is 4. The summed E-state index contributed by atoms with van der Waals surface area (Å²) >= 11 is 0. The third-order valence-electron chi connectivity index (χ3n) is 7.48. The molecule has 198 valence electrons. The van der Waals surface area contributed by atoms with Crippen molar-refractivity contribution in [3.63, 3.8) is 0 Å². The lowest BCUT2D eigenvalue weighted by Crippen LogP contribution is -2.47. The highest BCUT2D eigenvalue weighted by molar-refractivity contribution is 6.28. The largest absolute Gasteiger partial charge is 0.494 e. The smallest absolute Gasteiger partial charge is 0.256 e. The lowest BCUT2D eigenvalue weighted by atomic mass is 9.78. The second-order valence-corrected chi connectivity index (χ2v) is 10.6. The Morgan fingerprint density at radius 2 is 1.87 bits per heavy atom. The van der Waals surface area contributed by atoms with Gasteiger partial charge >= 0.3 is 0 Å². The number of ether oxygens (including phenoxy) is 1. The van der Waals surface area contributed by atoms with Crippen molar-refractivity contribution < 1.29 is 9.53 Å². The number of hydrogen-bond donors (Lipinski definition) is 2. The molecule has 1 aliphatic heterocycles. The normalized spacial score (nSPS) is 17.9. The van der Waals surface area contributed by atoms with Gasteiger partial charge in [0.25, 0.3) is 5.91 Å². The van der Waals surface area contributed by atoms with Crippen LogP contribution in [0.5, 0.6) is 5.75 Å². The van der Waals surface area contributed by atoms with Gasteiger partial charge in [-0.05, 0) is 56.5 Å². The van der Waals surface area contributed by atoms with Crippen molar-refractivity contribution in [3.05, 3.63) is 78.0 Å². The van der Waals surface area contributed by atoms with Crippen LogP contribution in [-0.2, 0) is 10.3 Å². The summed E-state index contributed by atoms with van der Waals surface area (Å²) < 4.78 is 8.23. The third-order valence-corrected chi connectivity index (χ3v) is 7.48. The Kier molecular flexibility index (Phi) is 7.36. The molecular weight excluding hydrogens is 474 g/mol. The van der Waals surface area contributed by atoms with Crippen molar-refractivity contribution in [3.8, 4) is 5.75 Å². The van der Waals surface area contributed by atoms with E-state index in [9.17, 15) is 4.79 Å². The number of benzene rings is 2. The van der Waals surface area contributed by atoms with Gasteiger partial charge in [0.05, 0.1) is 17.7 Å². The van der Waals surface area contributed by atoms with Crippen LogP contribution >= 0.6 is 0 Å². The van der Waals surface area contributed by atoms with E-state index in [0.29, 0.717) is 17.8 Å². The van der Waals surface area contributed by atoms with Gasteiger partial charge in [-0.15, -0.1) is 0 Å². The van der Waals surface area contributed by atoms with Gasteiger partial charge in [-0.2, -0.15) is 5.10 Å². The molecule has 7 heteroatoms. The SMILES string of the molecule is CCCCCCOc1ccc([C@]2(C)CC(c3cn(C(C)C)c4ccccc34)=C(c3ncn[nH]3)C(=O)N2)cc1. The number of carbonyl (C=O) groups is 1. The molecule has 0 aliphatic carbocycles. The molecule has 2 aromatic heterocycles. The molecule has 0 fully saturated rings. The number of para-hydroxylation sites is 1. The first-order valence-electron chi connectivity index (χ1n) is 13.7. The zero-order valence-electron chi connectivity index (χ0n) is 22.8. The Morgan fingerprint density at radius 1 is 1.08 bits per heavy atom. The fourth-order valence-electron chi connectivity index (χ4n) is 5.43. The molecule has 0 unspecified atom stereocenters. The van der Waals surface area contributed by atoms with Gasteiger partial charge < -0.3 is 14.6 Å². The summed E-state index contributed by atoms with van der Waals surface area (Å²) in [7, 11) is 0. The summed E-state index contributed by atoms with van der Waals surface area (Å²) in [4.78, 5) is 18.1. The molecule has 5 rings (SSSR count). The number of H-pyrrole nitrogens is 1. The lowest BCUT2D eigenvalue weighted by Gasteiger charge is -2.37. The molecule has 2 N–H and O–H groups in total. The minimum atomic E-state index is -0.601. The Bertz CT molecular complexity index is 1430. The second-order valence-electron chi connectivity index (χ2n) is 10.6. The predicted molar refractivity (Wildman–Crippen MR) is 152 cm³/mol. The monoisotopic (exact) mass is 511 g/mol. The van der Waals surface area contributed by atoms with E-state index in [0.717, 1.165) is 46.4 Å². The average Bonchev–Trinajstić information content (AvgIpc) is 3.57. The van der Waals surface area contributed by atoms with E-state index in [1.165, 1.54) is 25.6 Å². The fourth-order valence-corrected chi connectivity index (χ4v) is 5.43. The van der Waals surface area contributed by atoms with Gasteiger partial charge in [-0.25, -0.2) is 4.98 Å². The molecule has 0 spiro atoms. The Balaban J connectivity index is 1.52. The van der Waals surface area contributed by atoms with Crippen molar-refractivity contribution in [1.29, 1.82) is 0 Å². The Labute approximate surface area is 224 Å². The number of nitrogens with zero attached hydrogens (tertiary/aromatic N) is 3. The molecular formula is C31H37N5O2. The summed E-state index contributed by atoms with van der Waals surface area (Å²) in [6.45, 7) is 9.37. The van der Waals surface area contributed by atoms with Crippen molar-refractivity contribution >= 4 is 28.0 Å². The minimum absolute atomic E-state index is 0.164. The zero-order chi connectivity index (χ0) is 26.7. The highest BCUT2D eigenvalue weighted by Gasteiger charge is 2.39. The van der Waals surface area contributed by atoms with Gasteiger partial charge in [-0.1, -0.05) is 56.5 Å². The molecule has 1 atom stereocenters. The molecule has 1 aliphatic rings. The van der Waals surface area contributed by atoms with Gasteiger partial charge in [0.2, 0.25) is 0 Å². The predicted octanol–water partition coefficient (Wildman–Crippen LogP) is 6.65. The lowest BCUT2D eigenvalue weighted by molar-refractivity contribution is -0.117. The topological polar surface area (TPSA) is 84.8 Å². The molecule has 3 heterocycles. The van der Waals surface area contributed by atoms with Crippen LogP contribution in [0.4, 0.5) is 0 Å². The summed E-state index contributed by atoms with van der Waals surface area (Å²) in [5, 5.41) is 11.4. The number of hydrogen-bond acceptors (Lipinski definition) is 4. The molecule has 1 amide bonds. The van der Waals surface area contributed by atoms with E-state index >= 15 is 0 Å². The summed E-state index contributed by atoms with van der Waals surface area (Å²) in [6.07, 6.45) is 8.93. The Hall–Kier alpha value is -3.87. The molecule has 0 bridgehead atoms. The second kappa shape index (κ2) is 10.9. The minimum Gasteiger partial charge on any atom is -0.494 e. The van der Waals surface area contributed by atoms with Crippen LogP contribution in [0, 0.1) is 0 Å². The first-order valence-corrected chi connectivity index (χ1v) is 13.7. The molecule has 2 aromatic carbocycles. The van der Waals surface area contributed by atoms with E-state index < -0.39 is 5.54 Å². The summed E-state index contributed by atoms with van der Waals surface area (Å²) in [5.74, 6) is 1.17. The van der Waals surface area contributed by atoms with Gasteiger partial charge in [0.1, 0.15) is 12.1 Å². The van der Waals surface area contributed by atoms with Gasteiger partial charge in [-0.3, -0.25) is 9.89 Å². The first kappa shape index (κ1) is 25.8. The van der Waals surface area contributed by atoms with Crippen molar-refractivity contribution in [2.75, 3.05) is 6.61 Å². The molecule has 0 radical (unpaired) electrons. The standard InChI is InChI=1S/C31H37N5O2/c1-5-6-7-10-17-38-23-15-13-22(14-16-23)31(4)18-25(28(30(37)34-31)29-32-20-33-35-29)26-19-36(21(2)3)27-12-9-8-11-24(26)27/h8-9,11-16,19-21H,5-7,10,17-18H2,1-4H3,(H,34,37)(H,32,33,35)/t31-/m0/s1. The Morgan fingerprint density at radius 3 is 2.58 bits per heavy atom.